The number of aromatic nitrogens is 4. The van der Waals surface area contributed by atoms with E-state index in [1.807, 2.05) is 0 Å². The lowest BCUT2D eigenvalue weighted by atomic mass is 10.1. The molecule has 2 heterocycles. The van der Waals surface area contributed by atoms with Gasteiger partial charge in [0.2, 0.25) is 5.91 Å². The molecule has 0 saturated carbocycles. The summed E-state index contributed by atoms with van der Waals surface area (Å²) in [6.45, 7) is 0.900. The second kappa shape index (κ2) is 9.11. The van der Waals surface area contributed by atoms with E-state index >= 15 is 0 Å². The van der Waals surface area contributed by atoms with Crippen LogP contribution >= 0.6 is 0 Å². The van der Waals surface area contributed by atoms with Crippen LogP contribution in [0, 0.1) is 0 Å². The highest BCUT2D eigenvalue weighted by molar-refractivity contribution is 5.84. The Morgan fingerprint density at radius 2 is 1.90 bits per heavy atom. The summed E-state index contributed by atoms with van der Waals surface area (Å²) in [7, 11) is 1.54. The van der Waals surface area contributed by atoms with E-state index in [0.29, 0.717) is 29.6 Å². The second-order valence-corrected chi connectivity index (χ2v) is 6.34. The monoisotopic (exact) mass is 399 g/mol. The Bertz CT molecular complexity index is 1190. The van der Waals surface area contributed by atoms with Gasteiger partial charge in [-0.15, -0.1) is 0 Å². The molecule has 0 spiro atoms. The van der Waals surface area contributed by atoms with Crippen molar-refractivity contribution in [1.82, 2.24) is 24.6 Å². The van der Waals surface area contributed by atoms with Crippen LogP contribution in [0.25, 0.3) is 10.8 Å². The van der Waals surface area contributed by atoms with Crippen molar-refractivity contribution in [3.8, 4) is 0 Å². The SMILES string of the molecule is COCCn1nc(CNC(=O)CCn2ccc(=O)[nH]c2=O)c2ccccc2c1=O. The zero-order chi connectivity index (χ0) is 20.8. The van der Waals surface area contributed by atoms with Gasteiger partial charge in [0, 0.05) is 37.7 Å². The summed E-state index contributed by atoms with van der Waals surface area (Å²) < 4.78 is 7.60. The average molecular weight is 399 g/mol. The van der Waals surface area contributed by atoms with E-state index in [1.54, 1.807) is 31.4 Å². The van der Waals surface area contributed by atoms with Crippen molar-refractivity contribution in [2.45, 2.75) is 26.1 Å². The molecule has 152 valence electrons. The smallest absolute Gasteiger partial charge is 0.328 e. The molecule has 0 fully saturated rings. The van der Waals surface area contributed by atoms with Crippen LogP contribution in [0.2, 0.25) is 0 Å². The van der Waals surface area contributed by atoms with Crippen molar-refractivity contribution in [2.24, 2.45) is 0 Å². The number of carbonyl (C=O) groups is 1. The number of benzene rings is 1. The molecule has 10 heteroatoms. The third kappa shape index (κ3) is 4.85. The number of methoxy groups -OCH3 is 1. The van der Waals surface area contributed by atoms with Crippen LogP contribution in [0.3, 0.4) is 0 Å². The van der Waals surface area contributed by atoms with Gasteiger partial charge in [-0.1, -0.05) is 18.2 Å². The van der Waals surface area contributed by atoms with Gasteiger partial charge in [-0.05, 0) is 6.07 Å². The summed E-state index contributed by atoms with van der Waals surface area (Å²) in [4.78, 5) is 49.6. The van der Waals surface area contributed by atoms with Gasteiger partial charge in [0.25, 0.3) is 11.1 Å². The number of rotatable bonds is 8. The van der Waals surface area contributed by atoms with Gasteiger partial charge in [0.15, 0.2) is 0 Å². The number of carbonyl (C=O) groups excluding carboxylic acids is 1. The van der Waals surface area contributed by atoms with Gasteiger partial charge in [-0.2, -0.15) is 5.10 Å². The lowest BCUT2D eigenvalue weighted by molar-refractivity contribution is -0.121. The number of nitrogens with zero attached hydrogens (tertiary/aromatic N) is 3. The quantitative estimate of drug-likeness (QED) is 0.530. The summed E-state index contributed by atoms with van der Waals surface area (Å²) in [6.07, 6.45) is 1.39. The van der Waals surface area contributed by atoms with Crippen molar-refractivity contribution in [3.63, 3.8) is 0 Å². The fourth-order valence-electron chi connectivity index (χ4n) is 2.88. The first-order valence-corrected chi connectivity index (χ1v) is 9.03. The minimum absolute atomic E-state index is 0.0488. The number of aryl methyl sites for hydroxylation is 1. The van der Waals surface area contributed by atoms with E-state index < -0.39 is 11.2 Å². The van der Waals surface area contributed by atoms with E-state index in [4.69, 9.17) is 4.74 Å². The molecule has 2 aromatic heterocycles. The largest absolute Gasteiger partial charge is 0.383 e. The van der Waals surface area contributed by atoms with Gasteiger partial charge in [0.05, 0.1) is 30.8 Å². The van der Waals surface area contributed by atoms with Crippen LogP contribution in [0.15, 0.2) is 50.9 Å². The van der Waals surface area contributed by atoms with Gasteiger partial charge < -0.3 is 14.6 Å². The van der Waals surface area contributed by atoms with Crippen LogP contribution in [0.1, 0.15) is 12.1 Å². The molecule has 3 rings (SSSR count). The highest BCUT2D eigenvalue weighted by atomic mass is 16.5. The second-order valence-electron chi connectivity index (χ2n) is 6.34. The fourth-order valence-corrected chi connectivity index (χ4v) is 2.88. The topological polar surface area (TPSA) is 128 Å². The first-order valence-electron chi connectivity index (χ1n) is 9.03. The summed E-state index contributed by atoms with van der Waals surface area (Å²) in [6, 6.07) is 8.30. The highest BCUT2D eigenvalue weighted by Gasteiger charge is 2.11. The van der Waals surface area contributed by atoms with Crippen molar-refractivity contribution in [2.75, 3.05) is 13.7 Å². The van der Waals surface area contributed by atoms with Crippen LogP contribution in [0.5, 0.6) is 0 Å². The molecule has 0 aliphatic carbocycles. The van der Waals surface area contributed by atoms with E-state index in [1.165, 1.54) is 21.5 Å². The van der Waals surface area contributed by atoms with Crippen molar-refractivity contribution in [3.05, 3.63) is 73.4 Å². The van der Waals surface area contributed by atoms with Gasteiger partial charge in [-0.25, -0.2) is 9.48 Å². The summed E-state index contributed by atoms with van der Waals surface area (Å²) in [5, 5.41) is 8.31. The molecule has 1 aromatic carbocycles. The van der Waals surface area contributed by atoms with Crippen LogP contribution < -0.4 is 22.1 Å². The van der Waals surface area contributed by atoms with Crippen LogP contribution in [-0.2, 0) is 29.2 Å². The standard InChI is InChI=1S/C19H21N5O5/c1-29-11-10-24-18(27)14-5-3-2-4-13(14)15(22-24)12-20-16(25)6-8-23-9-7-17(26)21-19(23)28/h2-5,7,9H,6,8,10-12H2,1H3,(H,20,25)(H,21,26,28). The van der Waals surface area contributed by atoms with Crippen LogP contribution in [-0.4, -0.2) is 39.0 Å². The summed E-state index contributed by atoms with van der Waals surface area (Å²) >= 11 is 0. The van der Waals surface area contributed by atoms with Crippen molar-refractivity contribution < 1.29 is 9.53 Å². The number of ether oxygens (including phenoxy) is 1. The third-order valence-electron chi connectivity index (χ3n) is 4.38. The number of hydrogen-bond donors (Lipinski definition) is 2. The molecule has 3 aromatic rings. The minimum atomic E-state index is -0.566. The number of H-pyrrole nitrogens is 1. The first kappa shape index (κ1) is 20.2. The summed E-state index contributed by atoms with van der Waals surface area (Å²) in [5.74, 6) is -0.288. The molecule has 29 heavy (non-hydrogen) atoms. The molecule has 10 nitrogen and oxygen atoms in total. The minimum Gasteiger partial charge on any atom is -0.383 e. The van der Waals surface area contributed by atoms with Crippen LogP contribution in [0.4, 0.5) is 0 Å². The lowest BCUT2D eigenvalue weighted by Gasteiger charge is -2.12. The molecule has 0 radical (unpaired) electrons. The maximum absolute atomic E-state index is 12.5. The normalized spacial score (nSPS) is 10.9. The van der Waals surface area contributed by atoms with Crippen molar-refractivity contribution in [1.29, 1.82) is 0 Å². The number of hydrogen-bond acceptors (Lipinski definition) is 6. The Morgan fingerprint density at radius 3 is 2.62 bits per heavy atom. The Morgan fingerprint density at radius 1 is 1.14 bits per heavy atom. The Kier molecular flexibility index (Phi) is 6.35. The van der Waals surface area contributed by atoms with E-state index in [-0.39, 0.29) is 31.0 Å². The number of amides is 1. The maximum atomic E-state index is 12.5. The number of aromatic amines is 1. The first-order chi connectivity index (χ1) is 14.0. The average Bonchev–Trinajstić information content (AvgIpc) is 2.72. The molecule has 2 N–H and O–H groups in total. The maximum Gasteiger partial charge on any atom is 0.328 e. The predicted octanol–water partition coefficient (Wildman–Crippen LogP) is -0.401. The Balaban J connectivity index is 1.73. The molecule has 0 saturated heterocycles. The van der Waals surface area contributed by atoms with Gasteiger partial charge >= 0.3 is 5.69 Å². The fraction of sp³-hybridized carbons (Fsp3) is 0.316. The number of fused-ring (bicyclic) bond motifs is 1. The highest BCUT2D eigenvalue weighted by Crippen LogP contribution is 2.13. The predicted molar refractivity (Wildman–Crippen MR) is 106 cm³/mol. The molecule has 0 atom stereocenters. The summed E-state index contributed by atoms with van der Waals surface area (Å²) in [5.41, 5.74) is -0.712. The lowest BCUT2D eigenvalue weighted by Crippen LogP contribution is -2.32. The van der Waals surface area contributed by atoms with E-state index in [2.05, 4.69) is 15.4 Å². The number of nitrogens with one attached hydrogen (secondary N) is 2. The van der Waals surface area contributed by atoms with E-state index in [0.717, 1.165) is 0 Å². The Labute approximate surface area is 164 Å². The molecule has 1 amide bonds. The molecular weight excluding hydrogens is 378 g/mol. The molecule has 0 aliphatic heterocycles. The van der Waals surface area contributed by atoms with Crippen molar-refractivity contribution >= 4 is 16.7 Å². The zero-order valence-electron chi connectivity index (χ0n) is 15.9. The van der Waals surface area contributed by atoms with Gasteiger partial charge in [-0.3, -0.25) is 19.4 Å². The third-order valence-corrected chi connectivity index (χ3v) is 4.38. The van der Waals surface area contributed by atoms with E-state index in [9.17, 15) is 19.2 Å². The molecule has 0 unspecified atom stereocenters. The molecule has 0 aliphatic rings. The Hall–Kier alpha value is -3.53. The molecular formula is C19H21N5O5. The zero-order valence-corrected chi connectivity index (χ0v) is 15.9. The van der Waals surface area contributed by atoms with Gasteiger partial charge in [0.1, 0.15) is 0 Å². The molecule has 0 bridgehead atoms.